The summed E-state index contributed by atoms with van der Waals surface area (Å²) in [5, 5.41) is 9.62. The predicted molar refractivity (Wildman–Crippen MR) is 120 cm³/mol. The lowest BCUT2D eigenvalue weighted by molar-refractivity contribution is -0.128. The number of rotatable bonds is 17. The SMILES string of the molecule is C=CN=NN(C=C)C(C)(C)CCOC(C)(C)CCOCCC(=O)C(C)(C)CCC. The van der Waals surface area contributed by atoms with Crippen LogP contribution in [0.3, 0.4) is 0 Å². The zero-order valence-electron chi connectivity index (χ0n) is 19.8. The summed E-state index contributed by atoms with van der Waals surface area (Å²) in [5.41, 5.74) is -0.826. The van der Waals surface area contributed by atoms with Crippen LogP contribution in [-0.2, 0) is 14.3 Å². The Morgan fingerprint density at radius 2 is 1.66 bits per heavy atom. The van der Waals surface area contributed by atoms with Gasteiger partial charge in [0.25, 0.3) is 0 Å². The van der Waals surface area contributed by atoms with Crippen LogP contribution in [0.15, 0.2) is 35.9 Å². The third-order valence-corrected chi connectivity index (χ3v) is 5.18. The average Bonchev–Trinajstić information content (AvgIpc) is 2.61. The molecule has 0 atom stereocenters. The van der Waals surface area contributed by atoms with Crippen LogP contribution in [0.1, 0.15) is 80.6 Å². The third-order valence-electron chi connectivity index (χ3n) is 5.18. The summed E-state index contributed by atoms with van der Waals surface area (Å²) >= 11 is 0. The molecule has 0 bridgehead atoms. The standard InChI is InChI=1S/C23H43N3O3/c1-10-14-21(4,5)20(27)13-17-28-18-16-23(8,9)29-19-15-22(6,7)26(12-3)25-24-11-2/h11-12H,2-3,10,13-19H2,1,4-9H3. The van der Waals surface area contributed by atoms with Crippen molar-refractivity contribution in [1.29, 1.82) is 0 Å². The van der Waals surface area contributed by atoms with Crippen molar-refractivity contribution in [1.82, 2.24) is 5.01 Å². The van der Waals surface area contributed by atoms with Crippen LogP contribution in [0.25, 0.3) is 0 Å². The molecule has 0 N–H and O–H groups in total. The summed E-state index contributed by atoms with van der Waals surface area (Å²) in [7, 11) is 0. The van der Waals surface area contributed by atoms with E-state index in [2.05, 4.69) is 58.1 Å². The van der Waals surface area contributed by atoms with Crippen molar-refractivity contribution in [3.8, 4) is 0 Å². The molecule has 0 fully saturated rings. The molecule has 0 heterocycles. The molecule has 0 aromatic rings. The first-order chi connectivity index (χ1) is 13.4. The Balaban J connectivity index is 4.24. The highest BCUT2D eigenvalue weighted by Crippen LogP contribution is 2.25. The second-order valence-corrected chi connectivity index (χ2v) is 9.25. The van der Waals surface area contributed by atoms with Gasteiger partial charge in [0.2, 0.25) is 0 Å². The van der Waals surface area contributed by atoms with E-state index in [-0.39, 0.29) is 22.3 Å². The van der Waals surface area contributed by atoms with Crippen molar-refractivity contribution >= 4 is 5.78 Å². The van der Waals surface area contributed by atoms with Gasteiger partial charge in [-0.25, -0.2) is 5.01 Å². The Kier molecular flexibility index (Phi) is 12.2. The van der Waals surface area contributed by atoms with Gasteiger partial charge in [0.05, 0.1) is 17.7 Å². The molecule has 29 heavy (non-hydrogen) atoms. The molecule has 0 aliphatic carbocycles. The van der Waals surface area contributed by atoms with Gasteiger partial charge in [-0.15, -0.1) is 5.11 Å². The fraction of sp³-hybridized carbons (Fsp3) is 0.783. The van der Waals surface area contributed by atoms with Gasteiger partial charge in [0.15, 0.2) is 0 Å². The van der Waals surface area contributed by atoms with Gasteiger partial charge >= 0.3 is 0 Å². The molecule has 0 radical (unpaired) electrons. The molecule has 0 aliphatic rings. The highest BCUT2D eigenvalue weighted by atomic mass is 16.5. The van der Waals surface area contributed by atoms with Crippen LogP contribution >= 0.6 is 0 Å². The Bertz CT molecular complexity index is 539. The second-order valence-electron chi connectivity index (χ2n) is 9.25. The van der Waals surface area contributed by atoms with Gasteiger partial charge in [0, 0.05) is 37.4 Å². The maximum atomic E-state index is 12.3. The molecule has 0 unspecified atom stereocenters. The first kappa shape index (κ1) is 27.5. The first-order valence-electron chi connectivity index (χ1n) is 10.6. The Morgan fingerprint density at radius 1 is 1.00 bits per heavy atom. The monoisotopic (exact) mass is 409 g/mol. The van der Waals surface area contributed by atoms with E-state index in [9.17, 15) is 4.79 Å². The molecule has 0 saturated carbocycles. The number of Topliss-reactive ketones (excluding diaryl/α,β-unsaturated/α-hetero) is 1. The number of hydrogen-bond donors (Lipinski definition) is 0. The normalized spacial score (nSPS) is 12.9. The fourth-order valence-corrected chi connectivity index (χ4v) is 2.95. The fourth-order valence-electron chi connectivity index (χ4n) is 2.95. The van der Waals surface area contributed by atoms with E-state index in [4.69, 9.17) is 9.47 Å². The molecule has 0 aliphatic heterocycles. The lowest BCUT2D eigenvalue weighted by Gasteiger charge is -2.34. The average molecular weight is 410 g/mol. The molecule has 0 spiro atoms. The van der Waals surface area contributed by atoms with E-state index in [0.717, 1.165) is 25.7 Å². The maximum absolute atomic E-state index is 12.3. The van der Waals surface area contributed by atoms with E-state index < -0.39 is 0 Å². The summed E-state index contributed by atoms with van der Waals surface area (Å²) in [6.07, 6.45) is 6.98. The molecular weight excluding hydrogens is 366 g/mol. The van der Waals surface area contributed by atoms with Crippen LogP contribution < -0.4 is 0 Å². The number of carbonyl (C=O) groups is 1. The first-order valence-corrected chi connectivity index (χ1v) is 10.6. The van der Waals surface area contributed by atoms with Crippen molar-refractivity contribution in [2.45, 2.75) is 91.7 Å². The van der Waals surface area contributed by atoms with Crippen LogP contribution in [0.5, 0.6) is 0 Å². The lowest BCUT2D eigenvalue weighted by atomic mass is 9.82. The molecule has 0 amide bonds. The number of ether oxygens (including phenoxy) is 2. The van der Waals surface area contributed by atoms with Crippen molar-refractivity contribution in [2.75, 3.05) is 19.8 Å². The van der Waals surface area contributed by atoms with Crippen molar-refractivity contribution in [3.05, 3.63) is 25.6 Å². The zero-order chi connectivity index (χ0) is 22.6. The van der Waals surface area contributed by atoms with E-state index in [1.54, 1.807) is 11.2 Å². The summed E-state index contributed by atoms with van der Waals surface area (Å²) < 4.78 is 11.8. The summed E-state index contributed by atoms with van der Waals surface area (Å²) in [5.74, 6) is 0.275. The minimum atomic E-state index is -0.302. The quantitative estimate of drug-likeness (QED) is 0.165. The molecule has 0 aromatic heterocycles. The van der Waals surface area contributed by atoms with Gasteiger partial charge in [-0.2, -0.15) is 0 Å². The Labute approximate surface area is 178 Å². The third kappa shape index (κ3) is 11.3. The topological polar surface area (TPSA) is 63.5 Å². The number of carbonyl (C=O) groups excluding carboxylic acids is 1. The predicted octanol–water partition coefficient (Wildman–Crippen LogP) is 6.10. The minimum Gasteiger partial charge on any atom is -0.381 e. The molecule has 6 nitrogen and oxygen atoms in total. The number of hydrogen-bond acceptors (Lipinski definition) is 5. The number of nitrogens with zero attached hydrogens (tertiary/aromatic N) is 3. The molecule has 0 rings (SSSR count). The Hall–Kier alpha value is -1.53. The number of ketones is 1. The van der Waals surface area contributed by atoms with Crippen LogP contribution in [0.2, 0.25) is 0 Å². The van der Waals surface area contributed by atoms with Crippen LogP contribution in [0.4, 0.5) is 0 Å². The zero-order valence-corrected chi connectivity index (χ0v) is 19.8. The highest BCUT2D eigenvalue weighted by Gasteiger charge is 2.27. The van der Waals surface area contributed by atoms with Crippen LogP contribution in [-0.4, -0.2) is 41.8 Å². The van der Waals surface area contributed by atoms with Gasteiger partial charge in [-0.1, -0.05) is 45.6 Å². The van der Waals surface area contributed by atoms with Gasteiger partial charge < -0.3 is 9.47 Å². The summed E-state index contributed by atoms with van der Waals surface area (Å²) in [6, 6.07) is 0. The molecule has 168 valence electrons. The van der Waals surface area contributed by atoms with Crippen molar-refractivity contribution < 1.29 is 14.3 Å². The van der Waals surface area contributed by atoms with Crippen LogP contribution in [0, 0.1) is 5.41 Å². The van der Waals surface area contributed by atoms with E-state index in [1.165, 1.54) is 6.20 Å². The molecule has 0 aromatic carbocycles. The van der Waals surface area contributed by atoms with Crippen molar-refractivity contribution in [2.24, 2.45) is 15.8 Å². The molecular formula is C23H43N3O3. The maximum Gasteiger partial charge on any atom is 0.140 e. The van der Waals surface area contributed by atoms with Crippen molar-refractivity contribution in [3.63, 3.8) is 0 Å². The van der Waals surface area contributed by atoms with E-state index in [0.29, 0.717) is 26.2 Å². The van der Waals surface area contributed by atoms with E-state index in [1.807, 2.05) is 13.8 Å². The Morgan fingerprint density at radius 3 is 2.21 bits per heavy atom. The second kappa shape index (κ2) is 12.9. The highest BCUT2D eigenvalue weighted by molar-refractivity contribution is 5.84. The molecule has 0 saturated heterocycles. The van der Waals surface area contributed by atoms with Gasteiger partial charge in [0.1, 0.15) is 5.78 Å². The lowest BCUT2D eigenvalue weighted by Crippen LogP contribution is -2.38. The largest absolute Gasteiger partial charge is 0.381 e. The molecule has 6 heteroatoms. The minimum absolute atomic E-state index is 0.252. The van der Waals surface area contributed by atoms with E-state index >= 15 is 0 Å². The van der Waals surface area contributed by atoms with Gasteiger partial charge in [-0.05, 0) is 47.0 Å². The smallest absolute Gasteiger partial charge is 0.140 e. The van der Waals surface area contributed by atoms with Gasteiger partial charge in [-0.3, -0.25) is 4.79 Å². The summed E-state index contributed by atoms with van der Waals surface area (Å²) in [6.45, 7) is 23.3. The summed E-state index contributed by atoms with van der Waals surface area (Å²) in [4.78, 5) is 12.3.